The molecule has 0 saturated heterocycles. The summed E-state index contributed by atoms with van der Waals surface area (Å²) in [5.74, 6) is 0.119. The van der Waals surface area contributed by atoms with E-state index in [-0.39, 0.29) is 16.5 Å². The lowest BCUT2D eigenvalue weighted by molar-refractivity contribution is -0.123. The van der Waals surface area contributed by atoms with Crippen LogP contribution < -0.4 is 20.2 Å². The lowest BCUT2D eigenvalue weighted by Crippen LogP contribution is -2.48. The number of carbonyl (C=O) groups is 2. The second-order valence-electron chi connectivity index (χ2n) is 7.13. The zero-order valence-corrected chi connectivity index (χ0v) is 20.0. The molecule has 2 rings (SSSR count). The van der Waals surface area contributed by atoms with Crippen molar-refractivity contribution in [2.75, 3.05) is 13.2 Å². The van der Waals surface area contributed by atoms with Gasteiger partial charge in [-0.1, -0.05) is 37.0 Å². The number of hydrogen-bond acceptors (Lipinski definition) is 5. The third kappa shape index (κ3) is 7.14. The number of amides is 2. The van der Waals surface area contributed by atoms with E-state index >= 15 is 0 Å². The minimum atomic E-state index is -0.814. The van der Waals surface area contributed by atoms with Crippen molar-refractivity contribution in [1.29, 1.82) is 0 Å². The van der Waals surface area contributed by atoms with Gasteiger partial charge < -0.3 is 14.8 Å². The predicted octanol–water partition coefficient (Wildman–Crippen LogP) is 4.70. The van der Waals surface area contributed by atoms with Crippen LogP contribution in [0.4, 0.5) is 0 Å². The maximum absolute atomic E-state index is 12.7. The predicted molar refractivity (Wildman–Crippen MR) is 127 cm³/mol. The molecule has 0 heterocycles. The second-order valence-corrected chi connectivity index (χ2v) is 7.97. The third-order valence-corrected chi connectivity index (χ3v) is 4.92. The molecule has 172 valence electrons. The van der Waals surface area contributed by atoms with Crippen molar-refractivity contribution in [2.45, 2.75) is 33.7 Å². The van der Waals surface area contributed by atoms with Crippen molar-refractivity contribution >= 4 is 41.2 Å². The Morgan fingerprint density at radius 2 is 1.72 bits per heavy atom. The summed E-state index contributed by atoms with van der Waals surface area (Å²) < 4.78 is 11.1. The molecule has 1 atom stereocenters. The van der Waals surface area contributed by atoms with Crippen molar-refractivity contribution in [3.63, 3.8) is 0 Å². The first-order chi connectivity index (χ1) is 15.3. The molecular weight excluding hydrogens is 453 g/mol. The van der Waals surface area contributed by atoms with Crippen molar-refractivity contribution in [1.82, 2.24) is 10.7 Å². The molecule has 0 radical (unpaired) electrons. The highest BCUT2D eigenvalue weighted by Crippen LogP contribution is 2.28. The molecule has 32 heavy (non-hydrogen) atoms. The molecule has 2 aromatic rings. The van der Waals surface area contributed by atoms with E-state index in [4.69, 9.17) is 32.7 Å². The number of rotatable bonds is 10. The first-order valence-corrected chi connectivity index (χ1v) is 11.0. The number of benzene rings is 2. The number of hydrogen-bond donors (Lipinski definition) is 2. The van der Waals surface area contributed by atoms with Gasteiger partial charge in [0, 0.05) is 5.02 Å². The number of carbonyl (C=O) groups excluding carboxylic acids is 2. The van der Waals surface area contributed by atoms with Crippen LogP contribution in [-0.2, 0) is 4.79 Å². The second kappa shape index (κ2) is 12.3. The van der Waals surface area contributed by atoms with Gasteiger partial charge >= 0.3 is 0 Å². The molecular formula is C23H27Cl2N3O4. The molecule has 2 N–H and O–H groups in total. The lowest BCUT2D eigenvalue weighted by atomic mass is 10.0. The van der Waals surface area contributed by atoms with Gasteiger partial charge in [0.05, 0.1) is 30.0 Å². The van der Waals surface area contributed by atoms with Gasteiger partial charge in [-0.25, -0.2) is 5.43 Å². The van der Waals surface area contributed by atoms with Crippen molar-refractivity contribution in [2.24, 2.45) is 11.0 Å². The first-order valence-electron chi connectivity index (χ1n) is 10.2. The lowest BCUT2D eigenvalue weighted by Gasteiger charge is -2.20. The number of ether oxygens (including phenoxy) is 2. The van der Waals surface area contributed by atoms with E-state index in [1.165, 1.54) is 18.3 Å². The fraction of sp³-hybridized carbons (Fsp3) is 0.348. The molecule has 0 aliphatic carbocycles. The fourth-order valence-electron chi connectivity index (χ4n) is 2.82. The summed E-state index contributed by atoms with van der Waals surface area (Å²) >= 11 is 12.0. The zero-order chi connectivity index (χ0) is 23.7. The van der Waals surface area contributed by atoms with E-state index in [2.05, 4.69) is 15.8 Å². The minimum Gasteiger partial charge on any atom is -0.490 e. The third-order valence-electron chi connectivity index (χ3n) is 4.37. The molecule has 0 aliphatic heterocycles. The van der Waals surface area contributed by atoms with Crippen LogP contribution in [-0.4, -0.2) is 37.3 Å². The van der Waals surface area contributed by atoms with E-state index in [0.717, 1.165) is 5.56 Å². The summed E-state index contributed by atoms with van der Waals surface area (Å²) in [6.07, 6.45) is 1.49. The quantitative estimate of drug-likeness (QED) is 0.381. The standard InChI is InChI=1S/C23H27Cl2N3O4/c1-5-31-19-10-7-15(11-20(19)32-6-2)13-26-28-23(30)21(14(3)4)27-22(29)17-9-8-16(24)12-18(17)25/h7-14,21H,5-6H2,1-4H3,(H,27,29)(H,28,30)/b26-13-. The molecule has 0 fully saturated rings. The van der Waals surface area contributed by atoms with Gasteiger partial charge in [0.15, 0.2) is 11.5 Å². The molecule has 0 aliphatic rings. The maximum Gasteiger partial charge on any atom is 0.262 e. The molecule has 1 unspecified atom stereocenters. The minimum absolute atomic E-state index is 0.185. The van der Waals surface area contributed by atoms with E-state index in [1.807, 2.05) is 27.7 Å². The summed E-state index contributed by atoms with van der Waals surface area (Å²) in [6.45, 7) is 8.43. The highest BCUT2D eigenvalue weighted by Gasteiger charge is 2.25. The smallest absolute Gasteiger partial charge is 0.262 e. The maximum atomic E-state index is 12.7. The van der Waals surface area contributed by atoms with Gasteiger partial charge in [-0.3, -0.25) is 9.59 Å². The summed E-state index contributed by atoms with van der Waals surface area (Å²) in [5.41, 5.74) is 3.42. The largest absolute Gasteiger partial charge is 0.490 e. The van der Waals surface area contributed by atoms with Crippen molar-refractivity contribution in [3.8, 4) is 11.5 Å². The van der Waals surface area contributed by atoms with Crippen LogP contribution in [0.1, 0.15) is 43.6 Å². The summed E-state index contributed by atoms with van der Waals surface area (Å²) in [6, 6.07) is 9.08. The fourth-order valence-corrected chi connectivity index (χ4v) is 3.31. The van der Waals surface area contributed by atoms with Crippen LogP contribution in [0, 0.1) is 5.92 Å². The number of halogens is 2. The summed E-state index contributed by atoms with van der Waals surface area (Å²) in [5, 5.41) is 7.34. The van der Waals surface area contributed by atoms with Gasteiger partial charge in [-0.15, -0.1) is 0 Å². The first kappa shape index (κ1) is 25.5. The average molecular weight is 480 g/mol. The average Bonchev–Trinajstić information content (AvgIpc) is 2.73. The molecule has 7 nitrogen and oxygen atoms in total. The molecule has 0 spiro atoms. The van der Waals surface area contributed by atoms with Gasteiger partial charge in [0.2, 0.25) is 0 Å². The summed E-state index contributed by atoms with van der Waals surface area (Å²) in [4.78, 5) is 25.2. The van der Waals surface area contributed by atoms with Crippen LogP contribution in [0.2, 0.25) is 10.0 Å². The monoisotopic (exact) mass is 479 g/mol. The Balaban J connectivity index is 2.07. The van der Waals surface area contributed by atoms with Crippen LogP contribution in [0.15, 0.2) is 41.5 Å². The summed E-state index contributed by atoms with van der Waals surface area (Å²) in [7, 11) is 0. The van der Waals surface area contributed by atoms with Gasteiger partial charge in [0.1, 0.15) is 6.04 Å². The molecule has 2 amide bonds. The molecule has 9 heteroatoms. The highest BCUT2D eigenvalue weighted by molar-refractivity contribution is 6.36. The van der Waals surface area contributed by atoms with Gasteiger partial charge in [-0.05, 0) is 61.7 Å². The van der Waals surface area contributed by atoms with Crippen molar-refractivity contribution < 1.29 is 19.1 Å². The number of hydrazone groups is 1. The Bertz CT molecular complexity index is 980. The van der Waals surface area contributed by atoms with Crippen LogP contribution in [0.25, 0.3) is 0 Å². The normalized spacial score (nSPS) is 12.0. The van der Waals surface area contributed by atoms with Crippen LogP contribution in [0.3, 0.4) is 0 Å². The molecule has 0 saturated carbocycles. The molecule has 2 aromatic carbocycles. The van der Waals surface area contributed by atoms with E-state index in [9.17, 15) is 9.59 Å². The SMILES string of the molecule is CCOc1ccc(/C=N\NC(=O)C(NC(=O)c2ccc(Cl)cc2Cl)C(C)C)cc1OCC. The van der Waals surface area contributed by atoms with E-state index in [0.29, 0.717) is 29.7 Å². The van der Waals surface area contributed by atoms with Crippen LogP contribution >= 0.6 is 23.2 Å². The Morgan fingerprint density at radius 3 is 2.34 bits per heavy atom. The number of nitrogens with one attached hydrogen (secondary N) is 2. The molecule has 0 aromatic heterocycles. The molecule has 0 bridgehead atoms. The van der Waals surface area contributed by atoms with E-state index in [1.54, 1.807) is 24.3 Å². The van der Waals surface area contributed by atoms with Gasteiger partial charge in [0.25, 0.3) is 11.8 Å². The topological polar surface area (TPSA) is 89.0 Å². The van der Waals surface area contributed by atoms with E-state index < -0.39 is 17.9 Å². The highest BCUT2D eigenvalue weighted by atomic mass is 35.5. The van der Waals surface area contributed by atoms with Crippen LogP contribution in [0.5, 0.6) is 11.5 Å². The zero-order valence-electron chi connectivity index (χ0n) is 18.4. The Hall–Kier alpha value is -2.77. The Kier molecular flexibility index (Phi) is 9.81. The Morgan fingerprint density at radius 1 is 1.03 bits per heavy atom. The number of nitrogens with zero attached hydrogens (tertiary/aromatic N) is 1. The van der Waals surface area contributed by atoms with Gasteiger partial charge in [-0.2, -0.15) is 5.10 Å². The van der Waals surface area contributed by atoms with Crippen molar-refractivity contribution in [3.05, 3.63) is 57.6 Å². The Labute approximate surface area is 198 Å².